The maximum absolute atomic E-state index is 11.9. The van der Waals surface area contributed by atoms with Crippen molar-refractivity contribution in [3.05, 3.63) is 53.2 Å². The van der Waals surface area contributed by atoms with Crippen molar-refractivity contribution < 1.29 is 9.53 Å². The number of aromatic nitrogens is 1. The third-order valence-electron chi connectivity index (χ3n) is 3.72. The van der Waals surface area contributed by atoms with Gasteiger partial charge in [-0.1, -0.05) is 24.3 Å². The summed E-state index contributed by atoms with van der Waals surface area (Å²) in [5.41, 5.74) is 9.22. The number of pyridine rings is 1. The molecule has 0 spiro atoms. The van der Waals surface area contributed by atoms with Gasteiger partial charge >= 0.3 is 5.97 Å². The van der Waals surface area contributed by atoms with Crippen molar-refractivity contribution in [2.24, 2.45) is 0 Å². The first-order chi connectivity index (χ1) is 10.2. The van der Waals surface area contributed by atoms with E-state index >= 15 is 0 Å². The smallest absolute Gasteiger partial charge is 0.341 e. The van der Waals surface area contributed by atoms with Gasteiger partial charge in [0, 0.05) is 13.1 Å². The average molecular weight is 283 g/mol. The van der Waals surface area contributed by atoms with E-state index in [0.717, 1.165) is 19.5 Å². The van der Waals surface area contributed by atoms with Crippen LogP contribution in [-0.2, 0) is 17.7 Å². The number of nitrogens with zero attached hydrogens (tertiary/aromatic N) is 2. The number of carbonyl (C=O) groups excluding carboxylic acids is 1. The molecule has 1 aromatic carbocycles. The van der Waals surface area contributed by atoms with Gasteiger partial charge in [-0.05, 0) is 23.6 Å². The fourth-order valence-corrected chi connectivity index (χ4v) is 2.66. The van der Waals surface area contributed by atoms with Crippen LogP contribution in [0.25, 0.3) is 0 Å². The van der Waals surface area contributed by atoms with E-state index in [0.29, 0.717) is 17.1 Å². The van der Waals surface area contributed by atoms with Crippen LogP contribution in [0.4, 0.5) is 11.5 Å². The first kappa shape index (κ1) is 13.4. The molecule has 0 radical (unpaired) electrons. The van der Waals surface area contributed by atoms with E-state index in [-0.39, 0.29) is 0 Å². The molecule has 3 rings (SSSR count). The molecule has 1 aromatic heterocycles. The van der Waals surface area contributed by atoms with E-state index in [1.807, 2.05) is 6.07 Å². The highest BCUT2D eigenvalue weighted by atomic mass is 16.5. The third kappa shape index (κ3) is 2.54. The number of nitrogen functional groups attached to an aromatic ring is 1. The Labute approximate surface area is 123 Å². The van der Waals surface area contributed by atoms with Crippen LogP contribution in [0.1, 0.15) is 21.5 Å². The number of nitrogens with two attached hydrogens (primary N) is 1. The zero-order chi connectivity index (χ0) is 14.8. The molecule has 0 saturated carbocycles. The maximum Gasteiger partial charge on any atom is 0.341 e. The Hall–Kier alpha value is -2.56. The molecular formula is C16H17N3O2. The van der Waals surface area contributed by atoms with Crippen LogP contribution in [0, 0.1) is 0 Å². The Morgan fingerprint density at radius 1 is 1.33 bits per heavy atom. The average Bonchev–Trinajstić information content (AvgIpc) is 2.53. The Bertz CT molecular complexity index is 685. The van der Waals surface area contributed by atoms with Gasteiger partial charge in [-0.3, -0.25) is 0 Å². The summed E-state index contributed by atoms with van der Waals surface area (Å²) in [5, 5.41) is 0. The van der Waals surface area contributed by atoms with E-state index in [1.54, 1.807) is 12.3 Å². The quantitative estimate of drug-likeness (QED) is 0.854. The Balaban J connectivity index is 1.97. The molecule has 1 aliphatic heterocycles. The largest absolute Gasteiger partial charge is 0.465 e. The van der Waals surface area contributed by atoms with Crippen molar-refractivity contribution in [2.75, 3.05) is 24.3 Å². The van der Waals surface area contributed by atoms with Crippen LogP contribution in [0.15, 0.2) is 36.5 Å². The van der Waals surface area contributed by atoms with Crippen molar-refractivity contribution in [2.45, 2.75) is 13.0 Å². The number of ether oxygens (including phenoxy) is 1. The van der Waals surface area contributed by atoms with Gasteiger partial charge in [-0.2, -0.15) is 0 Å². The fraction of sp³-hybridized carbons (Fsp3) is 0.250. The number of carbonyl (C=O) groups is 1. The molecule has 0 atom stereocenters. The first-order valence-electron chi connectivity index (χ1n) is 6.84. The summed E-state index contributed by atoms with van der Waals surface area (Å²) in [4.78, 5) is 18.4. The molecule has 5 heteroatoms. The van der Waals surface area contributed by atoms with Crippen molar-refractivity contribution >= 4 is 17.5 Å². The van der Waals surface area contributed by atoms with Gasteiger partial charge in [0.05, 0.1) is 19.0 Å². The van der Waals surface area contributed by atoms with Gasteiger partial charge in [0.1, 0.15) is 11.4 Å². The molecule has 0 saturated heterocycles. The molecule has 0 amide bonds. The molecule has 1 aliphatic rings. The van der Waals surface area contributed by atoms with Gasteiger partial charge in [0.2, 0.25) is 0 Å². The molecular weight excluding hydrogens is 266 g/mol. The number of hydrogen-bond acceptors (Lipinski definition) is 5. The number of rotatable bonds is 2. The standard InChI is InChI=1S/C16H17N3O2/c1-21-16(20)14-8-13(17)9-18-15(14)19-7-6-11-4-2-3-5-12(11)10-19/h2-5,8-9H,6-7,10,17H2,1H3. The van der Waals surface area contributed by atoms with Crippen molar-refractivity contribution in [1.29, 1.82) is 0 Å². The molecule has 2 aromatic rings. The van der Waals surface area contributed by atoms with Crippen molar-refractivity contribution in [3.63, 3.8) is 0 Å². The van der Waals surface area contributed by atoms with Gasteiger partial charge < -0.3 is 15.4 Å². The zero-order valence-electron chi connectivity index (χ0n) is 11.9. The predicted octanol–water partition coefficient (Wildman–Crippen LogP) is 2.01. The minimum atomic E-state index is -0.413. The second kappa shape index (κ2) is 5.44. The highest BCUT2D eigenvalue weighted by Gasteiger charge is 2.22. The van der Waals surface area contributed by atoms with Gasteiger partial charge in [0.25, 0.3) is 0 Å². The lowest BCUT2D eigenvalue weighted by molar-refractivity contribution is 0.0601. The molecule has 21 heavy (non-hydrogen) atoms. The molecule has 2 heterocycles. The van der Waals surface area contributed by atoms with E-state index in [2.05, 4.69) is 28.1 Å². The lowest BCUT2D eigenvalue weighted by atomic mass is 9.99. The summed E-state index contributed by atoms with van der Waals surface area (Å²) in [6.45, 7) is 1.55. The predicted molar refractivity (Wildman–Crippen MR) is 81.2 cm³/mol. The summed E-state index contributed by atoms with van der Waals surface area (Å²) >= 11 is 0. The van der Waals surface area contributed by atoms with Gasteiger partial charge in [0.15, 0.2) is 0 Å². The van der Waals surface area contributed by atoms with Crippen LogP contribution >= 0.6 is 0 Å². The molecule has 2 N–H and O–H groups in total. The lowest BCUT2D eigenvalue weighted by Gasteiger charge is -2.30. The zero-order valence-corrected chi connectivity index (χ0v) is 11.9. The molecule has 108 valence electrons. The van der Waals surface area contributed by atoms with Gasteiger partial charge in [-0.25, -0.2) is 9.78 Å². The summed E-state index contributed by atoms with van der Waals surface area (Å²) in [6.07, 6.45) is 2.51. The van der Waals surface area contributed by atoms with Crippen LogP contribution in [-0.4, -0.2) is 24.6 Å². The summed E-state index contributed by atoms with van der Waals surface area (Å²) < 4.78 is 4.83. The van der Waals surface area contributed by atoms with Crippen molar-refractivity contribution in [3.8, 4) is 0 Å². The SMILES string of the molecule is COC(=O)c1cc(N)cnc1N1CCc2ccccc2C1. The molecule has 5 nitrogen and oxygen atoms in total. The Morgan fingerprint density at radius 2 is 2.10 bits per heavy atom. The van der Waals surface area contributed by atoms with Crippen LogP contribution in [0.3, 0.4) is 0 Å². The number of esters is 1. The van der Waals surface area contributed by atoms with Crippen LogP contribution in [0.2, 0.25) is 0 Å². The van der Waals surface area contributed by atoms with E-state index in [1.165, 1.54) is 18.2 Å². The first-order valence-corrected chi connectivity index (χ1v) is 6.84. The number of benzene rings is 1. The lowest BCUT2D eigenvalue weighted by Crippen LogP contribution is -2.32. The monoisotopic (exact) mass is 283 g/mol. The highest BCUT2D eigenvalue weighted by molar-refractivity contribution is 5.95. The third-order valence-corrected chi connectivity index (χ3v) is 3.72. The van der Waals surface area contributed by atoms with Crippen molar-refractivity contribution in [1.82, 2.24) is 4.98 Å². The maximum atomic E-state index is 11.9. The second-order valence-corrected chi connectivity index (χ2v) is 5.07. The number of fused-ring (bicyclic) bond motifs is 1. The molecule has 0 aliphatic carbocycles. The van der Waals surface area contributed by atoms with E-state index in [4.69, 9.17) is 10.5 Å². The molecule has 0 fully saturated rings. The number of anilines is 2. The van der Waals surface area contributed by atoms with Gasteiger partial charge in [-0.15, -0.1) is 0 Å². The minimum absolute atomic E-state index is 0.413. The Kier molecular flexibility index (Phi) is 3.48. The van der Waals surface area contributed by atoms with E-state index < -0.39 is 5.97 Å². The normalized spacial score (nSPS) is 13.7. The Morgan fingerprint density at radius 3 is 2.86 bits per heavy atom. The number of hydrogen-bond donors (Lipinski definition) is 1. The van der Waals surface area contributed by atoms with Crippen LogP contribution < -0.4 is 10.6 Å². The number of methoxy groups -OCH3 is 1. The molecule has 0 unspecified atom stereocenters. The topological polar surface area (TPSA) is 68.5 Å². The highest BCUT2D eigenvalue weighted by Crippen LogP contribution is 2.27. The minimum Gasteiger partial charge on any atom is -0.465 e. The van der Waals surface area contributed by atoms with Crippen LogP contribution in [0.5, 0.6) is 0 Å². The summed E-state index contributed by atoms with van der Waals surface area (Å²) in [5.74, 6) is 0.217. The fourth-order valence-electron chi connectivity index (χ4n) is 2.66. The summed E-state index contributed by atoms with van der Waals surface area (Å²) in [6, 6.07) is 9.95. The second-order valence-electron chi connectivity index (χ2n) is 5.07. The molecule has 0 bridgehead atoms. The van der Waals surface area contributed by atoms with E-state index in [9.17, 15) is 4.79 Å². The summed E-state index contributed by atoms with van der Waals surface area (Å²) in [7, 11) is 1.36.